The number of morpholine rings is 1. The van der Waals surface area contributed by atoms with Crippen molar-refractivity contribution in [3.8, 4) is 0 Å². The summed E-state index contributed by atoms with van der Waals surface area (Å²) in [5.74, 6) is -2.04. The largest absolute Gasteiger partial charge is 0.490 e. The smallest absolute Gasteiger partial charge is 0.475 e. The summed E-state index contributed by atoms with van der Waals surface area (Å²) in [6.45, 7) is 14.5. The summed E-state index contributed by atoms with van der Waals surface area (Å²) in [7, 11) is 1.64. The fourth-order valence-corrected chi connectivity index (χ4v) is 7.35. The topological polar surface area (TPSA) is 203 Å². The number of rotatable bonds is 42. The number of hydrogen-bond acceptors (Lipinski definition) is 19. The summed E-state index contributed by atoms with van der Waals surface area (Å²) in [4.78, 5) is 31.0. The lowest BCUT2D eigenvalue weighted by Crippen LogP contribution is -2.58. The average Bonchev–Trinajstić information content (AvgIpc) is 3.40. The maximum atomic E-state index is 12.6. The Labute approximate surface area is 438 Å². The van der Waals surface area contributed by atoms with Crippen molar-refractivity contribution in [1.82, 2.24) is 9.88 Å². The number of aliphatic carboxylic acids is 1. The van der Waals surface area contributed by atoms with Crippen LogP contribution in [0.25, 0.3) is 0 Å². The number of alkyl halides is 3. The number of piperidine rings is 1. The van der Waals surface area contributed by atoms with E-state index in [2.05, 4.69) is 33.0 Å². The zero-order valence-electron chi connectivity index (χ0n) is 42.8. The number of ether oxygens (including phenoxy) is 14. The molecule has 0 aliphatic carbocycles. The highest BCUT2D eigenvalue weighted by Gasteiger charge is 2.38. The van der Waals surface area contributed by atoms with E-state index in [-0.39, 0.29) is 37.7 Å². The number of aromatic nitrogens is 1. The molecule has 1 N–H and O–H groups in total. The zero-order chi connectivity index (χ0) is 53.2. The minimum Gasteiger partial charge on any atom is -0.475 e. The molecule has 0 radical (unpaired) electrons. The van der Waals surface area contributed by atoms with Gasteiger partial charge in [0, 0.05) is 50.0 Å². The summed E-state index contributed by atoms with van der Waals surface area (Å²) >= 11 is 6.16. The van der Waals surface area contributed by atoms with E-state index in [1.165, 1.54) is 5.56 Å². The number of methoxy groups -OCH3 is 1. The number of nitrogens with zero attached hydrogens (tertiary/aromatic N) is 3. The first kappa shape index (κ1) is 64.9. The molecule has 0 unspecified atom stereocenters. The molecule has 2 saturated heterocycles. The second-order valence-corrected chi connectivity index (χ2v) is 16.9. The minimum absolute atomic E-state index is 0.167. The molecule has 2 aliphatic rings. The number of hydrogen-bond donors (Lipinski definition) is 1. The van der Waals surface area contributed by atoms with Gasteiger partial charge in [-0.3, -0.25) is 9.69 Å². The standard InChI is InChI=1S/C48H78ClN3O15.C2HF3O2/c1-54-16-17-56-20-21-58-24-25-60-28-29-62-32-33-64-36-37-65-35-34-63-31-30-61-27-26-59-23-22-57-19-18-55-15-11-48(53)67-41-46-39-52(45(40-66-46)38-42-5-7-43(49)8-6-42)44-9-13-51(14-10-44)47-4-2-3-12-50-47;3-2(4,5)1(6)7/h2-8,12,44-46H,9-11,13-41H2,1H3;(H,6,7)/t45-,46+;/m0./s1. The monoisotopic (exact) mass is 1090 g/mol. The van der Waals surface area contributed by atoms with Gasteiger partial charge in [-0.15, -0.1) is 0 Å². The molecule has 1 aromatic carbocycles. The highest BCUT2D eigenvalue weighted by atomic mass is 35.5. The van der Waals surface area contributed by atoms with Crippen LogP contribution in [0.5, 0.6) is 0 Å². The number of halogens is 4. The van der Waals surface area contributed by atoms with Crippen LogP contribution in [0.1, 0.15) is 24.8 Å². The molecule has 0 amide bonds. The van der Waals surface area contributed by atoms with Crippen LogP contribution in [-0.4, -0.2) is 243 Å². The summed E-state index contributed by atoms with van der Waals surface area (Å²) in [6.07, 6.45) is -0.340. The minimum atomic E-state index is -5.08. The number of carbonyl (C=O) groups excluding carboxylic acids is 1. The summed E-state index contributed by atoms with van der Waals surface area (Å²) in [6, 6.07) is 14.7. The van der Waals surface area contributed by atoms with Crippen molar-refractivity contribution in [2.75, 3.05) is 197 Å². The first-order valence-electron chi connectivity index (χ1n) is 25.1. The molecule has 424 valence electrons. The van der Waals surface area contributed by atoms with Gasteiger partial charge in [0.05, 0.1) is 165 Å². The van der Waals surface area contributed by atoms with Gasteiger partial charge >= 0.3 is 18.1 Å². The molecule has 74 heavy (non-hydrogen) atoms. The first-order chi connectivity index (χ1) is 36.1. The summed E-state index contributed by atoms with van der Waals surface area (Å²) in [5, 5.41) is 7.85. The lowest BCUT2D eigenvalue weighted by molar-refractivity contribution is -0.192. The van der Waals surface area contributed by atoms with Gasteiger partial charge in [0.2, 0.25) is 0 Å². The summed E-state index contributed by atoms with van der Waals surface area (Å²) < 4.78 is 109. The molecule has 0 bridgehead atoms. The third kappa shape index (κ3) is 32.9. The number of benzene rings is 1. The zero-order valence-corrected chi connectivity index (χ0v) is 43.6. The normalized spacial score (nSPS) is 16.5. The Balaban J connectivity index is 0.00000192. The molecule has 2 fully saturated rings. The molecular weight excluding hydrogens is 1010 g/mol. The lowest BCUT2D eigenvalue weighted by atomic mass is 9.96. The Hall–Kier alpha value is -3.37. The highest BCUT2D eigenvalue weighted by molar-refractivity contribution is 6.30. The number of carboxylic acid groups (broad SMARTS) is 1. The van der Waals surface area contributed by atoms with Crippen molar-refractivity contribution in [2.24, 2.45) is 0 Å². The van der Waals surface area contributed by atoms with Crippen LogP contribution in [0.3, 0.4) is 0 Å². The van der Waals surface area contributed by atoms with E-state index in [0.717, 1.165) is 43.2 Å². The number of pyridine rings is 1. The van der Waals surface area contributed by atoms with Crippen LogP contribution in [0.2, 0.25) is 5.02 Å². The number of esters is 1. The maximum Gasteiger partial charge on any atom is 0.490 e. The molecule has 4 rings (SSSR count). The van der Waals surface area contributed by atoms with E-state index in [9.17, 15) is 18.0 Å². The van der Waals surface area contributed by atoms with E-state index in [1.807, 2.05) is 30.5 Å². The molecule has 2 aromatic rings. The van der Waals surface area contributed by atoms with Crippen LogP contribution < -0.4 is 4.90 Å². The Bertz CT molecular complexity index is 1660. The molecule has 0 saturated carbocycles. The number of carbonyl (C=O) groups is 2. The molecule has 2 aliphatic heterocycles. The highest BCUT2D eigenvalue weighted by Crippen LogP contribution is 2.27. The molecule has 3 heterocycles. The Morgan fingerprint density at radius 3 is 1.46 bits per heavy atom. The third-order valence-electron chi connectivity index (χ3n) is 11.0. The SMILES string of the molecule is COCCOCCOCCOCCOCCOCCOCCOCCOCCOCCOCCOCCC(=O)OC[C@H]1CN(C2CCN(c3ccccn3)CC2)[C@@H](Cc2ccc(Cl)cc2)CO1.O=C(O)C(F)(F)F. The van der Waals surface area contributed by atoms with Crippen molar-refractivity contribution < 1.29 is 94.2 Å². The second kappa shape index (κ2) is 42.7. The second-order valence-electron chi connectivity index (χ2n) is 16.5. The van der Waals surface area contributed by atoms with Gasteiger partial charge in [0.15, 0.2) is 0 Å². The summed E-state index contributed by atoms with van der Waals surface area (Å²) in [5.41, 5.74) is 1.23. The van der Waals surface area contributed by atoms with E-state index >= 15 is 0 Å². The first-order valence-corrected chi connectivity index (χ1v) is 25.5. The van der Waals surface area contributed by atoms with Crippen molar-refractivity contribution >= 4 is 29.4 Å². The molecule has 2 atom stereocenters. The van der Waals surface area contributed by atoms with E-state index in [0.29, 0.717) is 165 Å². The Morgan fingerprint density at radius 1 is 0.649 bits per heavy atom. The molecule has 0 spiro atoms. The van der Waals surface area contributed by atoms with Gasteiger partial charge in [-0.25, -0.2) is 9.78 Å². The van der Waals surface area contributed by atoms with Gasteiger partial charge in [-0.2, -0.15) is 13.2 Å². The van der Waals surface area contributed by atoms with Crippen molar-refractivity contribution in [2.45, 2.75) is 50.0 Å². The number of carboxylic acids is 1. The van der Waals surface area contributed by atoms with Crippen LogP contribution in [0.15, 0.2) is 48.7 Å². The third-order valence-corrected chi connectivity index (χ3v) is 11.2. The van der Waals surface area contributed by atoms with Gasteiger partial charge in [0.25, 0.3) is 0 Å². The van der Waals surface area contributed by atoms with E-state index in [1.54, 1.807) is 7.11 Å². The van der Waals surface area contributed by atoms with Crippen LogP contribution in [0.4, 0.5) is 19.0 Å². The Morgan fingerprint density at radius 2 is 1.07 bits per heavy atom. The van der Waals surface area contributed by atoms with Crippen molar-refractivity contribution in [3.63, 3.8) is 0 Å². The van der Waals surface area contributed by atoms with E-state index < -0.39 is 12.1 Å². The van der Waals surface area contributed by atoms with Crippen LogP contribution in [-0.2, 0) is 82.3 Å². The predicted molar refractivity (Wildman–Crippen MR) is 265 cm³/mol. The lowest BCUT2D eigenvalue weighted by Gasteiger charge is -2.46. The van der Waals surface area contributed by atoms with Gasteiger partial charge < -0.3 is 76.3 Å². The molecular formula is C50H79ClF3N3O17. The van der Waals surface area contributed by atoms with E-state index in [4.69, 9.17) is 87.8 Å². The molecule has 24 heteroatoms. The van der Waals surface area contributed by atoms with Gasteiger partial charge in [-0.1, -0.05) is 29.8 Å². The van der Waals surface area contributed by atoms with Gasteiger partial charge in [-0.05, 0) is 49.1 Å². The van der Waals surface area contributed by atoms with Crippen molar-refractivity contribution in [3.05, 3.63) is 59.2 Å². The molecule has 20 nitrogen and oxygen atoms in total. The maximum absolute atomic E-state index is 12.6. The Kier molecular flexibility index (Phi) is 37.5. The number of anilines is 1. The van der Waals surface area contributed by atoms with Gasteiger partial charge in [0.1, 0.15) is 18.5 Å². The fourth-order valence-electron chi connectivity index (χ4n) is 7.22. The van der Waals surface area contributed by atoms with Crippen LogP contribution >= 0.6 is 11.6 Å². The quantitative estimate of drug-likeness (QED) is 0.0723. The van der Waals surface area contributed by atoms with Crippen LogP contribution in [0, 0.1) is 0 Å². The molecule has 1 aromatic heterocycles. The van der Waals surface area contributed by atoms with Crippen molar-refractivity contribution in [1.29, 1.82) is 0 Å². The average molecular weight is 1090 g/mol. The predicted octanol–water partition coefficient (Wildman–Crippen LogP) is 4.41. The fraction of sp³-hybridized carbons (Fsp3) is 0.740.